The summed E-state index contributed by atoms with van der Waals surface area (Å²) in [7, 11) is 0. The lowest BCUT2D eigenvalue weighted by Crippen LogP contribution is -2.42. The lowest BCUT2D eigenvalue weighted by Gasteiger charge is -2.28. The summed E-state index contributed by atoms with van der Waals surface area (Å²) in [4.78, 5) is 27.2. The number of hydrogen-bond donors (Lipinski definition) is 1. The first-order valence-electron chi connectivity index (χ1n) is 11.0. The minimum absolute atomic E-state index is 0.0285. The van der Waals surface area contributed by atoms with Crippen molar-refractivity contribution >= 4 is 11.9 Å². The summed E-state index contributed by atoms with van der Waals surface area (Å²) in [6, 6.07) is 15.0. The van der Waals surface area contributed by atoms with E-state index in [9.17, 15) is 9.59 Å². The van der Waals surface area contributed by atoms with Gasteiger partial charge in [0.15, 0.2) is 0 Å². The highest BCUT2D eigenvalue weighted by molar-refractivity contribution is 5.88. The molecule has 0 spiro atoms. The van der Waals surface area contributed by atoms with Crippen LogP contribution in [0, 0.1) is 5.92 Å². The van der Waals surface area contributed by atoms with Crippen molar-refractivity contribution in [1.82, 2.24) is 25.5 Å². The van der Waals surface area contributed by atoms with Gasteiger partial charge in [-0.1, -0.05) is 75.7 Å². The molecule has 1 fully saturated rings. The molecule has 2 heterocycles. The fourth-order valence-corrected chi connectivity index (χ4v) is 4.09. The van der Waals surface area contributed by atoms with E-state index in [1.165, 1.54) is 0 Å². The number of nitrogens with one attached hydrogen (secondary N) is 1. The van der Waals surface area contributed by atoms with Crippen molar-refractivity contribution in [3.8, 4) is 22.5 Å². The van der Waals surface area contributed by atoms with Gasteiger partial charge in [-0.25, -0.2) is 4.79 Å². The van der Waals surface area contributed by atoms with E-state index in [4.69, 9.17) is 4.74 Å². The molecule has 3 aromatic rings. The number of tetrazole rings is 1. The van der Waals surface area contributed by atoms with Gasteiger partial charge in [0.2, 0.25) is 18.0 Å². The first-order chi connectivity index (χ1) is 15.5. The van der Waals surface area contributed by atoms with E-state index in [2.05, 4.69) is 20.6 Å². The summed E-state index contributed by atoms with van der Waals surface area (Å²) in [6.07, 6.45) is 1.40. The SMILES string of the molecule is CCCCC(=O)N1C(c2ccc(-c3ccccc3-c3nn[nH]n3)cc2)OC(=O)[C@@H]1C(C)C. The van der Waals surface area contributed by atoms with Gasteiger partial charge in [-0.2, -0.15) is 5.21 Å². The number of nitrogens with zero attached hydrogens (tertiary/aromatic N) is 4. The Balaban J connectivity index is 1.65. The van der Waals surface area contributed by atoms with Crippen LogP contribution < -0.4 is 0 Å². The van der Waals surface area contributed by atoms with Crippen LogP contribution in [0.2, 0.25) is 0 Å². The average molecular weight is 434 g/mol. The van der Waals surface area contributed by atoms with E-state index in [0.717, 1.165) is 35.1 Å². The molecule has 1 N–H and O–H groups in total. The monoisotopic (exact) mass is 433 g/mol. The third kappa shape index (κ3) is 4.12. The number of carbonyl (C=O) groups is 2. The number of H-pyrrole nitrogens is 1. The second-order valence-corrected chi connectivity index (χ2v) is 8.29. The van der Waals surface area contributed by atoms with Gasteiger partial charge in [0, 0.05) is 17.5 Å². The van der Waals surface area contributed by atoms with Crippen molar-refractivity contribution in [2.45, 2.75) is 52.3 Å². The number of carbonyl (C=O) groups excluding carboxylic acids is 2. The number of rotatable bonds is 7. The summed E-state index contributed by atoms with van der Waals surface area (Å²) in [5, 5.41) is 14.3. The molecular weight excluding hydrogens is 406 g/mol. The van der Waals surface area contributed by atoms with Gasteiger partial charge in [-0.15, -0.1) is 10.2 Å². The molecule has 0 saturated carbocycles. The van der Waals surface area contributed by atoms with Gasteiger partial charge in [-0.05, 0) is 28.7 Å². The van der Waals surface area contributed by atoms with E-state index in [-0.39, 0.29) is 17.8 Å². The molecule has 8 heteroatoms. The van der Waals surface area contributed by atoms with E-state index < -0.39 is 12.3 Å². The van der Waals surface area contributed by atoms with Crippen molar-refractivity contribution in [1.29, 1.82) is 0 Å². The van der Waals surface area contributed by atoms with E-state index in [1.54, 1.807) is 4.90 Å². The summed E-state index contributed by atoms with van der Waals surface area (Å²) < 4.78 is 5.70. The molecule has 1 aliphatic heterocycles. The van der Waals surface area contributed by atoms with E-state index in [0.29, 0.717) is 12.2 Å². The number of esters is 1. The fraction of sp³-hybridized carbons (Fsp3) is 0.375. The topological polar surface area (TPSA) is 101 Å². The quantitative estimate of drug-likeness (QED) is 0.562. The van der Waals surface area contributed by atoms with Crippen LogP contribution in [0.1, 0.15) is 51.8 Å². The van der Waals surface area contributed by atoms with Crippen LogP contribution in [-0.2, 0) is 14.3 Å². The lowest BCUT2D eigenvalue weighted by molar-refractivity contribution is -0.144. The minimum Gasteiger partial charge on any atom is -0.435 e. The maximum absolute atomic E-state index is 13.0. The smallest absolute Gasteiger partial charge is 0.331 e. The molecule has 1 amide bonds. The van der Waals surface area contributed by atoms with Crippen molar-refractivity contribution < 1.29 is 14.3 Å². The Labute approximate surface area is 187 Å². The van der Waals surface area contributed by atoms with E-state index >= 15 is 0 Å². The largest absolute Gasteiger partial charge is 0.435 e. The molecule has 0 radical (unpaired) electrons. The van der Waals surface area contributed by atoms with Crippen molar-refractivity contribution in [2.75, 3.05) is 0 Å². The van der Waals surface area contributed by atoms with Crippen LogP contribution in [0.3, 0.4) is 0 Å². The van der Waals surface area contributed by atoms with Crippen molar-refractivity contribution in [3.05, 3.63) is 54.1 Å². The van der Waals surface area contributed by atoms with Gasteiger partial charge in [0.1, 0.15) is 6.04 Å². The normalized spacial score (nSPS) is 18.2. The minimum atomic E-state index is -0.708. The lowest BCUT2D eigenvalue weighted by atomic mass is 9.97. The molecular formula is C24H27N5O3. The van der Waals surface area contributed by atoms with Gasteiger partial charge < -0.3 is 4.74 Å². The van der Waals surface area contributed by atoms with Gasteiger partial charge in [0.05, 0.1) is 0 Å². The first kappa shape index (κ1) is 21.7. The molecule has 8 nitrogen and oxygen atoms in total. The summed E-state index contributed by atoms with van der Waals surface area (Å²) in [6.45, 7) is 5.92. The molecule has 2 aromatic carbocycles. The highest BCUT2D eigenvalue weighted by Crippen LogP contribution is 2.37. The zero-order valence-electron chi connectivity index (χ0n) is 18.5. The number of cyclic esters (lactones) is 1. The average Bonchev–Trinajstić information content (AvgIpc) is 3.45. The second-order valence-electron chi connectivity index (χ2n) is 8.29. The zero-order valence-corrected chi connectivity index (χ0v) is 18.5. The fourth-order valence-electron chi connectivity index (χ4n) is 4.09. The van der Waals surface area contributed by atoms with Gasteiger partial charge in [-0.3, -0.25) is 9.69 Å². The number of hydrogen-bond acceptors (Lipinski definition) is 6. The third-order valence-corrected chi connectivity index (χ3v) is 5.71. The molecule has 1 aromatic heterocycles. The molecule has 1 saturated heterocycles. The molecule has 0 bridgehead atoms. The molecule has 2 atom stereocenters. The maximum atomic E-state index is 13.0. The van der Waals surface area contributed by atoms with Crippen LogP contribution in [0.15, 0.2) is 48.5 Å². The van der Waals surface area contributed by atoms with Crippen LogP contribution in [-0.4, -0.2) is 43.4 Å². The first-order valence-corrected chi connectivity index (χ1v) is 11.0. The van der Waals surface area contributed by atoms with Gasteiger partial charge in [0.25, 0.3) is 0 Å². The number of amides is 1. The molecule has 1 unspecified atom stereocenters. The molecule has 1 aliphatic rings. The Morgan fingerprint density at radius 3 is 2.47 bits per heavy atom. The molecule has 0 aliphatic carbocycles. The Kier molecular flexibility index (Phi) is 6.30. The summed E-state index contributed by atoms with van der Waals surface area (Å²) >= 11 is 0. The highest BCUT2D eigenvalue weighted by atomic mass is 16.6. The van der Waals surface area contributed by atoms with Crippen LogP contribution in [0.25, 0.3) is 22.5 Å². The zero-order chi connectivity index (χ0) is 22.7. The summed E-state index contributed by atoms with van der Waals surface area (Å²) in [5.41, 5.74) is 3.55. The molecule has 166 valence electrons. The van der Waals surface area contributed by atoms with Crippen molar-refractivity contribution in [2.24, 2.45) is 5.92 Å². The predicted molar refractivity (Wildman–Crippen MR) is 119 cm³/mol. The van der Waals surface area contributed by atoms with Crippen molar-refractivity contribution in [3.63, 3.8) is 0 Å². The van der Waals surface area contributed by atoms with Gasteiger partial charge >= 0.3 is 5.97 Å². The van der Waals surface area contributed by atoms with Crippen LogP contribution in [0.5, 0.6) is 0 Å². The standard InChI is InChI=1S/C24H27N5O3/c1-4-5-10-20(30)29-21(15(2)3)24(31)32-23(29)17-13-11-16(12-14-17)18-8-6-7-9-19(18)22-25-27-28-26-22/h6-9,11-15,21,23H,4-5,10H2,1-3H3,(H,25,26,27,28)/t21-,23?/m0/s1. The number of ether oxygens (including phenoxy) is 1. The predicted octanol–water partition coefficient (Wildman–Crippen LogP) is 4.13. The van der Waals surface area contributed by atoms with E-state index in [1.807, 2.05) is 69.3 Å². The van der Waals surface area contributed by atoms with Crippen LogP contribution in [0.4, 0.5) is 0 Å². The maximum Gasteiger partial charge on any atom is 0.331 e. The molecule has 4 rings (SSSR count). The number of aromatic amines is 1. The number of unbranched alkanes of at least 4 members (excludes halogenated alkanes) is 1. The molecule has 32 heavy (non-hydrogen) atoms. The Hall–Kier alpha value is -3.55. The highest BCUT2D eigenvalue weighted by Gasteiger charge is 2.46. The second kappa shape index (κ2) is 9.30. The number of aromatic nitrogens is 4. The van der Waals surface area contributed by atoms with Crippen LogP contribution >= 0.6 is 0 Å². The Bertz CT molecular complexity index is 1080. The number of benzene rings is 2. The summed E-state index contributed by atoms with van der Waals surface area (Å²) in [5.74, 6) is 0.0929. The Morgan fingerprint density at radius 1 is 1.12 bits per heavy atom. The Morgan fingerprint density at radius 2 is 1.84 bits per heavy atom. The third-order valence-electron chi connectivity index (χ3n) is 5.71.